The molecule has 1 aromatic heterocycles. The molecular formula is C8H9NO. The van der Waals surface area contributed by atoms with Gasteiger partial charge in [-0.05, 0) is 6.07 Å². The summed E-state index contributed by atoms with van der Waals surface area (Å²) in [5.41, 5.74) is 0.970. The van der Waals surface area contributed by atoms with Gasteiger partial charge in [0.25, 0.3) is 0 Å². The third-order valence-electron chi connectivity index (χ3n) is 1.26. The molecule has 0 spiro atoms. The minimum Gasteiger partial charge on any atom is -0.495 e. The van der Waals surface area contributed by atoms with Crippen LogP contribution in [0.4, 0.5) is 0 Å². The summed E-state index contributed by atoms with van der Waals surface area (Å²) in [5, 5.41) is 0. The predicted octanol–water partition coefficient (Wildman–Crippen LogP) is 1.73. The SMILES string of the molecule is C=Cc1ccncc1OC. The maximum Gasteiger partial charge on any atom is 0.144 e. The molecule has 0 saturated carbocycles. The van der Waals surface area contributed by atoms with Gasteiger partial charge in [-0.2, -0.15) is 0 Å². The molecule has 0 aliphatic heterocycles. The fraction of sp³-hybridized carbons (Fsp3) is 0.125. The van der Waals surface area contributed by atoms with Gasteiger partial charge in [-0.1, -0.05) is 12.7 Å². The topological polar surface area (TPSA) is 22.1 Å². The number of hydrogen-bond donors (Lipinski definition) is 0. The highest BCUT2D eigenvalue weighted by Crippen LogP contribution is 2.15. The Morgan fingerprint density at radius 2 is 2.50 bits per heavy atom. The van der Waals surface area contributed by atoms with E-state index in [2.05, 4.69) is 11.6 Å². The van der Waals surface area contributed by atoms with E-state index in [1.807, 2.05) is 6.07 Å². The zero-order valence-corrected chi connectivity index (χ0v) is 5.87. The first-order valence-corrected chi connectivity index (χ1v) is 2.99. The van der Waals surface area contributed by atoms with Crippen LogP contribution in [0.5, 0.6) is 5.75 Å². The molecule has 0 saturated heterocycles. The number of aromatic nitrogens is 1. The Hall–Kier alpha value is -1.31. The van der Waals surface area contributed by atoms with Crippen LogP contribution in [-0.2, 0) is 0 Å². The predicted molar refractivity (Wildman–Crippen MR) is 40.9 cm³/mol. The van der Waals surface area contributed by atoms with Crippen molar-refractivity contribution in [3.05, 3.63) is 30.6 Å². The van der Waals surface area contributed by atoms with E-state index < -0.39 is 0 Å². The number of rotatable bonds is 2. The first kappa shape index (κ1) is 6.81. The summed E-state index contributed by atoms with van der Waals surface area (Å²) in [6, 6.07) is 1.85. The highest BCUT2D eigenvalue weighted by molar-refractivity contribution is 5.53. The standard InChI is InChI=1S/C8H9NO/c1-3-7-4-5-9-6-8(7)10-2/h3-6H,1H2,2H3. The van der Waals surface area contributed by atoms with E-state index in [0.29, 0.717) is 0 Å². The summed E-state index contributed by atoms with van der Waals surface area (Å²) in [6.07, 6.45) is 5.11. The summed E-state index contributed by atoms with van der Waals surface area (Å²) in [5.74, 6) is 0.762. The average Bonchev–Trinajstić information content (AvgIpc) is 2.04. The van der Waals surface area contributed by atoms with E-state index in [1.54, 1.807) is 25.6 Å². The lowest BCUT2D eigenvalue weighted by molar-refractivity contribution is 0.412. The molecule has 2 heteroatoms. The lowest BCUT2D eigenvalue weighted by Gasteiger charge is -2.00. The second-order valence-corrected chi connectivity index (χ2v) is 1.82. The largest absolute Gasteiger partial charge is 0.495 e. The Morgan fingerprint density at radius 1 is 1.70 bits per heavy atom. The number of nitrogens with zero attached hydrogens (tertiary/aromatic N) is 1. The van der Waals surface area contributed by atoms with Crippen LogP contribution in [0.2, 0.25) is 0 Å². The minimum absolute atomic E-state index is 0.762. The third kappa shape index (κ3) is 1.16. The van der Waals surface area contributed by atoms with Gasteiger partial charge in [-0.25, -0.2) is 0 Å². The summed E-state index contributed by atoms with van der Waals surface area (Å²) < 4.78 is 5.00. The molecular weight excluding hydrogens is 126 g/mol. The Balaban J connectivity index is 3.08. The van der Waals surface area contributed by atoms with Gasteiger partial charge in [0, 0.05) is 11.8 Å². The maximum atomic E-state index is 5.00. The van der Waals surface area contributed by atoms with Crippen LogP contribution >= 0.6 is 0 Å². The number of hydrogen-bond acceptors (Lipinski definition) is 2. The summed E-state index contributed by atoms with van der Waals surface area (Å²) >= 11 is 0. The molecule has 1 heterocycles. The Bertz CT molecular complexity index is 232. The molecule has 0 N–H and O–H groups in total. The molecule has 1 aromatic rings. The summed E-state index contributed by atoms with van der Waals surface area (Å²) in [4.78, 5) is 3.89. The van der Waals surface area contributed by atoms with Gasteiger partial charge in [0.05, 0.1) is 13.3 Å². The molecule has 0 aromatic carbocycles. The van der Waals surface area contributed by atoms with Crippen LogP contribution in [0.15, 0.2) is 25.0 Å². The third-order valence-corrected chi connectivity index (χ3v) is 1.26. The van der Waals surface area contributed by atoms with Crippen LogP contribution in [0.25, 0.3) is 6.08 Å². The van der Waals surface area contributed by atoms with Gasteiger partial charge < -0.3 is 4.74 Å². The van der Waals surface area contributed by atoms with E-state index in [4.69, 9.17) is 4.74 Å². The van der Waals surface area contributed by atoms with E-state index in [0.717, 1.165) is 11.3 Å². The molecule has 0 aliphatic rings. The Kier molecular flexibility index (Phi) is 2.05. The van der Waals surface area contributed by atoms with Gasteiger partial charge in [-0.15, -0.1) is 0 Å². The van der Waals surface area contributed by atoms with Gasteiger partial charge in [0.15, 0.2) is 0 Å². The van der Waals surface area contributed by atoms with Crippen LogP contribution in [0.1, 0.15) is 5.56 Å². The number of ether oxygens (including phenoxy) is 1. The monoisotopic (exact) mass is 135 g/mol. The van der Waals surface area contributed by atoms with Crippen LogP contribution in [-0.4, -0.2) is 12.1 Å². The van der Waals surface area contributed by atoms with Crippen molar-refractivity contribution < 1.29 is 4.74 Å². The van der Waals surface area contributed by atoms with Crippen LogP contribution < -0.4 is 4.74 Å². The molecule has 2 nitrogen and oxygen atoms in total. The molecule has 10 heavy (non-hydrogen) atoms. The first-order chi connectivity index (χ1) is 4.88. The van der Waals surface area contributed by atoms with Crippen molar-refractivity contribution in [3.63, 3.8) is 0 Å². The van der Waals surface area contributed by atoms with E-state index in [9.17, 15) is 0 Å². The lowest BCUT2D eigenvalue weighted by Crippen LogP contribution is -1.86. The van der Waals surface area contributed by atoms with Crippen molar-refractivity contribution in [2.24, 2.45) is 0 Å². The molecule has 0 unspecified atom stereocenters. The van der Waals surface area contributed by atoms with Gasteiger partial charge >= 0.3 is 0 Å². The molecule has 0 atom stereocenters. The van der Waals surface area contributed by atoms with Crippen molar-refractivity contribution in [1.29, 1.82) is 0 Å². The van der Waals surface area contributed by atoms with Crippen molar-refractivity contribution >= 4 is 6.08 Å². The molecule has 52 valence electrons. The van der Waals surface area contributed by atoms with E-state index in [1.165, 1.54) is 0 Å². The van der Waals surface area contributed by atoms with Crippen molar-refractivity contribution in [2.45, 2.75) is 0 Å². The quantitative estimate of drug-likeness (QED) is 0.616. The van der Waals surface area contributed by atoms with Gasteiger partial charge in [-0.3, -0.25) is 4.98 Å². The second-order valence-electron chi connectivity index (χ2n) is 1.82. The zero-order valence-electron chi connectivity index (χ0n) is 5.87. The molecule has 0 aliphatic carbocycles. The summed E-state index contributed by atoms with van der Waals surface area (Å²) in [7, 11) is 1.62. The fourth-order valence-electron chi connectivity index (χ4n) is 0.730. The van der Waals surface area contributed by atoms with E-state index in [-0.39, 0.29) is 0 Å². The Labute approximate surface area is 60.2 Å². The Morgan fingerprint density at radius 3 is 3.00 bits per heavy atom. The van der Waals surface area contributed by atoms with E-state index >= 15 is 0 Å². The lowest BCUT2D eigenvalue weighted by atomic mass is 10.2. The van der Waals surface area contributed by atoms with Crippen molar-refractivity contribution in [1.82, 2.24) is 4.98 Å². The number of methoxy groups -OCH3 is 1. The molecule has 0 bridgehead atoms. The molecule has 1 rings (SSSR count). The average molecular weight is 135 g/mol. The van der Waals surface area contributed by atoms with Gasteiger partial charge in [0.1, 0.15) is 5.75 Å². The van der Waals surface area contributed by atoms with Crippen molar-refractivity contribution in [2.75, 3.05) is 7.11 Å². The normalized spacial score (nSPS) is 8.90. The zero-order chi connectivity index (χ0) is 7.40. The minimum atomic E-state index is 0.762. The van der Waals surface area contributed by atoms with Crippen molar-refractivity contribution in [3.8, 4) is 5.75 Å². The summed E-state index contributed by atoms with van der Waals surface area (Å²) in [6.45, 7) is 3.63. The molecule has 0 amide bonds. The van der Waals surface area contributed by atoms with Crippen LogP contribution in [0, 0.1) is 0 Å². The smallest absolute Gasteiger partial charge is 0.144 e. The first-order valence-electron chi connectivity index (χ1n) is 2.99. The number of pyridine rings is 1. The second kappa shape index (κ2) is 3.01. The van der Waals surface area contributed by atoms with Gasteiger partial charge in [0.2, 0.25) is 0 Å². The highest BCUT2D eigenvalue weighted by atomic mass is 16.5. The van der Waals surface area contributed by atoms with Crippen LogP contribution in [0.3, 0.4) is 0 Å². The fourth-order valence-corrected chi connectivity index (χ4v) is 0.730. The maximum absolute atomic E-state index is 5.00. The molecule has 0 radical (unpaired) electrons. The molecule has 0 fully saturated rings. The highest BCUT2D eigenvalue weighted by Gasteiger charge is 1.94.